The number of ether oxygens (including phenoxy) is 1. The van der Waals surface area contributed by atoms with Crippen molar-refractivity contribution >= 4 is 48.0 Å². The average molecular weight is 427 g/mol. The summed E-state index contributed by atoms with van der Waals surface area (Å²) in [5.41, 5.74) is 6.57. The number of benzene rings is 1. The first-order chi connectivity index (χ1) is 11.3. The highest BCUT2D eigenvalue weighted by molar-refractivity contribution is 6.33. The van der Waals surface area contributed by atoms with Gasteiger partial charge >= 0.3 is 0 Å². The molecule has 1 aliphatic heterocycles. The molecule has 3 unspecified atom stereocenters. The number of piperidine rings is 1. The van der Waals surface area contributed by atoms with E-state index in [1.165, 1.54) is 13.5 Å². The number of rotatable bonds is 5. The zero-order valence-electron chi connectivity index (χ0n) is 15.8. The number of hydrogen-bond acceptors (Lipinski definition) is 4. The van der Waals surface area contributed by atoms with Gasteiger partial charge in [0.25, 0.3) is 5.91 Å². The van der Waals surface area contributed by atoms with Crippen LogP contribution in [0.15, 0.2) is 12.1 Å². The number of hydrogen-bond donors (Lipinski definition) is 2. The monoisotopic (exact) mass is 425 g/mol. The van der Waals surface area contributed by atoms with Crippen molar-refractivity contribution in [3.63, 3.8) is 0 Å². The van der Waals surface area contributed by atoms with Crippen molar-refractivity contribution in [2.75, 3.05) is 32.5 Å². The highest BCUT2D eigenvalue weighted by Crippen LogP contribution is 2.29. The highest BCUT2D eigenvalue weighted by Gasteiger charge is 2.24. The van der Waals surface area contributed by atoms with E-state index in [4.69, 9.17) is 22.1 Å². The lowest BCUT2D eigenvalue weighted by Crippen LogP contribution is -2.47. The number of amides is 1. The molecule has 1 aromatic carbocycles. The Morgan fingerprint density at radius 3 is 2.46 bits per heavy atom. The van der Waals surface area contributed by atoms with Crippen LogP contribution >= 0.6 is 36.4 Å². The molecule has 0 aliphatic carbocycles. The van der Waals surface area contributed by atoms with Crippen molar-refractivity contribution in [2.24, 2.45) is 11.8 Å². The van der Waals surface area contributed by atoms with Crippen LogP contribution < -0.4 is 15.8 Å². The normalized spacial score (nSPS) is 21.1. The van der Waals surface area contributed by atoms with Crippen molar-refractivity contribution in [1.82, 2.24) is 10.2 Å². The van der Waals surface area contributed by atoms with E-state index in [9.17, 15) is 4.79 Å². The first-order valence-corrected chi connectivity index (χ1v) is 8.84. The molecule has 2 rings (SSSR count). The average Bonchev–Trinajstić information content (AvgIpc) is 2.48. The van der Waals surface area contributed by atoms with Crippen LogP contribution in [-0.2, 0) is 0 Å². The van der Waals surface area contributed by atoms with Crippen LogP contribution in [0.1, 0.15) is 37.6 Å². The largest absolute Gasteiger partial charge is 0.496 e. The molecule has 1 amide bonds. The van der Waals surface area contributed by atoms with Crippen LogP contribution in [0.4, 0.5) is 5.69 Å². The lowest BCUT2D eigenvalue weighted by atomic mass is 9.92. The second-order valence-corrected chi connectivity index (χ2v) is 7.52. The van der Waals surface area contributed by atoms with Gasteiger partial charge in [-0.15, -0.1) is 24.8 Å². The van der Waals surface area contributed by atoms with Gasteiger partial charge in [0.1, 0.15) is 5.75 Å². The summed E-state index contributed by atoms with van der Waals surface area (Å²) in [6.07, 6.45) is 1.28. The smallest absolute Gasteiger partial charge is 0.255 e. The predicted octanol–water partition coefficient (Wildman–Crippen LogP) is 3.87. The van der Waals surface area contributed by atoms with Gasteiger partial charge in [-0.1, -0.05) is 25.4 Å². The maximum Gasteiger partial charge on any atom is 0.255 e. The molecule has 0 radical (unpaired) electrons. The summed E-state index contributed by atoms with van der Waals surface area (Å²) in [6, 6.07) is 3.18. The van der Waals surface area contributed by atoms with Gasteiger partial charge in [-0.3, -0.25) is 4.79 Å². The molecule has 1 heterocycles. The highest BCUT2D eigenvalue weighted by atomic mass is 35.5. The van der Waals surface area contributed by atoms with Gasteiger partial charge in [-0.2, -0.15) is 0 Å². The number of nitrogens with two attached hydrogens (primary N) is 1. The molecule has 0 spiro atoms. The maximum atomic E-state index is 12.6. The molecular weight excluding hydrogens is 397 g/mol. The maximum absolute atomic E-state index is 12.6. The number of halogens is 3. The van der Waals surface area contributed by atoms with Gasteiger partial charge in [-0.05, 0) is 31.2 Å². The Morgan fingerprint density at radius 1 is 1.35 bits per heavy atom. The lowest BCUT2D eigenvalue weighted by Gasteiger charge is -2.36. The van der Waals surface area contributed by atoms with Crippen molar-refractivity contribution in [2.45, 2.75) is 33.2 Å². The fourth-order valence-corrected chi connectivity index (χ4v) is 3.75. The first kappa shape index (κ1) is 25.1. The summed E-state index contributed by atoms with van der Waals surface area (Å²) < 4.78 is 5.25. The second-order valence-electron chi connectivity index (χ2n) is 7.11. The summed E-state index contributed by atoms with van der Waals surface area (Å²) in [7, 11) is 1.51. The van der Waals surface area contributed by atoms with Crippen molar-refractivity contribution < 1.29 is 9.53 Å². The molecule has 1 saturated heterocycles. The molecule has 0 saturated carbocycles. The van der Waals surface area contributed by atoms with E-state index < -0.39 is 0 Å². The predicted molar refractivity (Wildman–Crippen MR) is 113 cm³/mol. The standard InChI is InChI=1S/C18H28ClN3O2.2ClH/c1-11-5-12(2)9-22(8-11)10-13(3)21-18(23)14-6-15(19)16(20)7-17(14)24-4;;/h6-7,11-13H,5,8-10,20H2,1-4H3,(H,21,23);2*1H. The molecule has 5 nitrogen and oxygen atoms in total. The Bertz CT molecular complexity index is 591. The number of likely N-dealkylation sites (tertiary alicyclic amines) is 1. The van der Waals surface area contributed by atoms with Gasteiger partial charge in [0.15, 0.2) is 0 Å². The van der Waals surface area contributed by atoms with E-state index in [0.717, 1.165) is 19.6 Å². The van der Waals surface area contributed by atoms with E-state index in [1.807, 2.05) is 6.92 Å². The van der Waals surface area contributed by atoms with Crippen LogP contribution in [0, 0.1) is 11.8 Å². The van der Waals surface area contributed by atoms with Crippen molar-refractivity contribution in [3.05, 3.63) is 22.7 Å². The summed E-state index contributed by atoms with van der Waals surface area (Å²) in [5, 5.41) is 3.39. The Balaban J connectivity index is 0.00000312. The van der Waals surface area contributed by atoms with Crippen LogP contribution in [-0.4, -0.2) is 43.6 Å². The SMILES string of the molecule is COc1cc(N)c(Cl)cc1C(=O)NC(C)CN1CC(C)CC(C)C1.Cl.Cl. The minimum absolute atomic E-state index is 0. The minimum Gasteiger partial charge on any atom is -0.496 e. The summed E-state index contributed by atoms with van der Waals surface area (Å²) in [5.74, 6) is 1.64. The Labute approximate surface area is 173 Å². The second kappa shape index (κ2) is 11.1. The Morgan fingerprint density at radius 2 is 1.92 bits per heavy atom. The van der Waals surface area contributed by atoms with E-state index in [1.54, 1.807) is 12.1 Å². The first-order valence-electron chi connectivity index (χ1n) is 8.46. The summed E-state index contributed by atoms with van der Waals surface area (Å²) in [4.78, 5) is 15.0. The minimum atomic E-state index is -0.195. The zero-order chi connectivity index (χ0) is 17.9. The van der Waals surface area contributed by atoms with Gasteiger partial charge < -0.3 is 20.7 Å². The molecule has 3 N–H and O–H groups in total. The number of anilines is 1. The van der Waals surface area contributed by atoms with Crippen molar-refractivity contribution in [1.29, 1.82) is 0 Å². The molecule has 150 valence electrons. The molecular formula is C18H30Cl3N3O2. The van der Waals surface area contributed by atoms with Gasteiger partial charge in [0.05, 0.1) is 23.4 Å². The van der Waals surface area contributed by atoms with E-state index in [-0.39, 0.29) is 36.8 Å². The number of carbonyl (C=O) groups is 1. The van der Waals surface area contributed by atoms with Crippen LogP contribution in [0.5, 0.6) is 5.75 Å². The number of nitrogen functional groups attached to an aromatic ring is 1. The third-order valence-corrected chi connectivity index (χ3v) is 4.74. The van der Waals surface area contributed by atoms with E-state index >= 15 is 0 Å². The zero-order valence-corrected chi connectivity index (χ0v) is 18.1. The van der Waals surface area contributed by atoms with Crippen LogP contribution in [0.2, 0.25) is 5.02 Å². The summed E-state index contributed by atoms with van der Waals surface area (Å²) in [6.45, 7) is 9.60. The molecule has 26 heavy (non-hydrogen) atoms. The summed E-state index contributed by atoms with van der Waals surface area (Å²) >= 11 is 6.04. The fraction of sp³-hybridized carbons (Fsp3) is 0.611. The third-order valence-electron chi connectivity index (χ3n) is 4.42. The number of carbonyl (C=O) groups excluding carboxylic acids is 1. The Hall–Kier alpha value is -0.880. The van der Waals surface area contributed by atoms with E-state index in [2.05, 4.69) is 24.1 Å². The van der Waals surface area contributed by atoms with Crippen LogP contribution in [0.3, 0.4) is 0 Å². The molecule has 1 fully saturated rings. The third kappa shape index (κ3) is 6.69. The number of methoxy groups -OCH3 is 1. The van der Waals surface area contributed by atoms with Crippen molar-refractivity contribution in [3.8, 4) is 5.75 Å². The number of nitrogens with one attached hydrogen (secondary N) is 1. The van der Waals surface area contributed by atoms with Crippen LogP contribution in [0.25, 0.3) is 0 Å². The molecule has 0 bridgehead atoms. The Kier molecular flexibility index (Phi) is 10.7. The molecule has 1 aromatic rings. The van der Waals surface area contributed by atoms with Gasteiger partial charge in [0, 0.05) is 31.7 Å². The quantitative estimate of drug-likeness (QED) is 0.701. The fourth-order valence-electron chi connectivity index (χ4n) is 3.59. The molecule has 0 aromatic heterocycles. The lowest BCUT2D eigenvalue weighted by molar-refractivity contribution is 0.0902. The van der Waals surface area contributed by atoms with E-state index in [0.29, 0.717) is 33.9 Å². The topological polar surface area (TPSA) is 67.6 Å². The van der Waals surface area contributed by atoms with Gasteiger partial charge in [-0.25, -0.2) is 0 Å². The van der Waals surface area contributed by atoms with Gasteiger partial charge in [0.2, 0.25) is 0 Å². The molecule has 3 atom stereocenters. The molecule has 1 aliphatic rings. The molecule has 8 heteroatoms. The number of nitrogens with zero attached hydrogens (tertiary/aromatic N) is 1.